The molecule has 21 heavy (non-hydrogen) atoms. The minimum absolute atomic E-state index is 0.116. The van der Waals surface area contributed by atoms with Crippen LogP contribution >= 0.6 is 11.6 Å². The van der Waals surface area contributed by atoms with Crippen LogP contribution < -0.4 is 0 Å². The van der Waals surface area contributed by atoms with Gasteiger partial charge in [0.2, 0.25) is 0 Å². The van der Waals surface area contributed by atoms with Crippen LogP contribution in [0.1, 0.15) is 24.7 Å². The van der Waals surface area contributed by atoms with Crippen molar-refractivity contribution in [1.29, 1.82) is 0 Å². The molecular weight excluding hydrogens is 315 g/mol. The number of sulfone groups is 1. The van der Waals surface area contributed by atoms with E-state index in [-0.39, 0.29) is 23.4 Å². The quantitative estimate of drug-likeness (QED) is 0.813. The van der Waals surface area contributed by atoms with Crippen molar-refractivity contribution in [2.24, 2.45) is 0 Å². The zero-order valence-electron chi connectivity index (χ0n) is 11.4. The molecule has 0 spiro atoms. The Labute approximate surface area is 127 Å². The summed E-state index contributed by atoms with van der Waals surface area (Å²) in [5.74, 6) is 1.14. The molecular formula is C14H16ClFN2O2S. The van der Waals surface area contributed by atoms with Crippen molar-refractivity contribution >= 4 is 32.5 Å². The summed E-state index contributed by atoms with van der Waals surface area (Å²) in [4.78, 5) is 4.43. The molecule has 3 rings (SSSR count). The fraction of sp³-hybridized carbons (Fsp3) is 0.500. The van der Waals surface area contributed by atoms with Gasteiger partial charge in [0.05, 0.1) is 22.5 Å². The van der Waals surface area contributed by atoms with Gasteiger partial charge in [-0.05, 0) is 25.0 Å². The summed E-state index contributed by atoms with van der Waals surface area (Å²) in [7, 11) is -3.02. The van der Waals surface area contributed by atoms with Crippen LogP contribution in [0.3, 0.4) is 0 Å². The third-order valence-electron chi connectivity index (χ3n) is 3.85. The minimum Gasteiger partial charge on any atom is -0.324 e. The van der Waals surface area contributed by atoms with Gasteiger partial charge in [-0.2, -0.15) is 0 Å². The number of halogens is 2. The van der Waals surface area contributed by atoms with Gasteiger partial charge in [-0.15, -0.1) is 11.6 Å². The first-order chi connectivity index (χ1) is 10.00. The Balaban J connectivity index is 2.12. The fourth-order valence-electron chi connectivity index (χ4n) is 2.99. The number of hydrogen-bond donors (Lipinski definition) is 0. The lowest BCUT2D eigenvalue weighted by Gasteiger charge is -2.25. The zero-order valence-corrected chi connectivity index (χ0v) is 13.0. The second-order valence-electron chi connectivity index (χ2n) is 5.38. The van der Waals surface area contributed by atoms with Crippen molar-refractivity contribution in [3.63, 3.8) is 0 Å². The molecule has 1 aromatic carbocycles. The maximum absolute atomic E-state index is 13.4. The Morgan fingerprint density at radius 1 is 1.43 bits per heavy atom. The minimum atomic E-state index is -3.02. The summed E-state index contributed by atoms with van der Waals surface area (Å²) in [5.41, 5.74) is 1.33. The summed E-state index contributed by atoms with van der Waals surface area (Å²) in [5, 5.41) is 0. The highest BCUT2D eigenvalue weighted by molar-refractivity contribution is 7.91. The number of benzene rings is 1. The molecule has 1 fully saturated rings. The predicted octanol–water partition coefficient (Wildman–Crippen LogP) is 2.71. The van der Waals surface area contributed by atoms with Crippen LogP contribution in [0.25, 0.3) is 11.0 Å². The lowest BCUT2D eigenvalue weighted by Crippen LogP contribution is -2.28. The van der Waals surface area contributed by atoms with E-state index in [1.54, 1.807) is 6.07 Å². The van der Waals surface area contributed by atoms with E-state index in [0.717, 1.165) is 17.8 Å². The summed E-state index contributed by atoms with van der Waals surface area (Å²) in [6.07, 6.45) is 1.97. The van der Waals surface area contributed by atoms with Crippen LogP contribution in [0.15, 0.2) is 18.2 Å². The highest BCUT2D eigenvalue weighted by atomic mass is 35.5. The molecule has 1 aliphatic heterocycles. The molecule has 2 aromatic rings. The average Bonchev–Trinajstić information content (AvgIpc) is 2.75. The third-order valence-corrected chi connectivity index (χ3v) is 5.84. The molecule has 0 N–H and O–H groups in total. The maximum atomic E-state index is 13.4. The first-order valence-electron chi connectivity index (χ1n) is 6.93. The number of hydrogen-bond acceptors (Lipinski definition) is 3. The van der Waals surface area contributed by atoms with Crippen LogP contribution in [0.4, 0.5) is 4.39 Å². The number of aryl methyl sites for hydroxylation is 1. The largest absolute Gasteiger partial charge is 0.324 e. The van der Waals surface area contributed by atoms with Gasteiger partial charge in [0.25, 0.3) is 0 Å². The fourth-order valence-corrected chi connectivity index (χ4v) is 4.84. The standard InChI is InChI=1S/C14H16ClFN2O2S/c15-6-5-14-17-12-8-10(16)3-4-13(12)18(14)11-2-1-7-21(19,20)9-11/h3-4,8,11H,1-2,5-7,9H2. The van der Waals surface area contributed by atoms with Crippen molar-refractivity contribution in [1.82, 2.24) is 9.55 Å². The van der Waals surface area contributed by atoms with Crippen LogP contribution in [-0.2, 0) is 16.3 Å². The van der Waals surface area contributed by atoms with E-state index in [4.69, 9.17) is 11.6 Å². The highest BCUT2D eigenvalue weighted by Gasteiger charge is 2.28. The van der Waals surface area contributed by atoms with Gasteiger partial charge in [-0.3, -0.25) is 0 Å². The van der Waals surface area contributed by atoms with Gasteiger partial charge in [-0.25, -0.2) is 17.8 Å². The van der Waals surface area contributed by atoms with E-state index in [9.17, 15) is 12.8 Å². The van der Waals surface area contributed by atoms with Gasteiger partial charge in [-0.1, -0.05) is 0 Å². The van der Waals surface area contributed by atoms with Crippen molar-refractivity contribution < 1.29 is 12.8 Å². The summed E-state index contributed by atoms with van der Waals surface area (Å²) in [6, 6.07) is 4.28. The van der Waals surface area contributed by atoms with Crippen molar-refractivity contribution in [2.45, 2.75) is 25.3 Å². The van der Waals surface area contributed by atoms with Crippen LogP contribution in [-0.4, -0.2) is 35.4 Å². The smallest absolute Gasteiger partial charge is 0.152 e. The van der Waals surface area contributed by atoms with Gasteiger partial charge in [0, 0.05) is 24.4 Å². The van der Waals surface area contributed by atoms with Crippen molar-refractivity contribution in [3.8, 4) is 0 Å². The monoisotopic (exact) mass is 330 g/mol. The Kier molecular flexibility index (Phi) is 3.92. The first kappa shape index (κ1) is 14.8. The zero-order chi connectivity index (χ0) is 15.0. The van der Waals surface area contributed by atoms with E-state index in [1.165, 1.54) is 12.1 Å². The number of imidazole rings is 1. The molecule has 7 heteroatoms. The molecule has 1 aliphatic rings. The van der Waals surface area contributed by atoms with Gasteiger partial charge in [0.15, 0.2) is 9.84 Å². The predicted molar refractivity (Wildman–Crippen MR) is 81.0 cm³/mol. The Morgan fingerprint density at radius 2 is 2.24 bits per heavy atom. The molecule has 0 aliphatic carbocycles. The number of nitrogens with zero attached hydrogens (tertiary/aromatic N) is 2. The van der Waals surface area contributed by atoms with Crippen LogP contribution in [0.2, 0.25) is 0 Å². The second kappa shape index (κ2) is 5.57. The lowest BCUT2D eigenvalue weighted by atomic mass is 10.1. The van der Waals surface area contributed by atoms with Crippen molar-refractivity contribution in [3.05, 3.63) is 29.8 Å². The third kappa shape index (κ3) is 2.92. The lowest BCUT2D eigenvalue weighted by molar-refractivity contribution is 0.468. The topological polar surface area (TPSA) is 52.0 Å². The van der Waals surface area contributed by atoms with E-state index in [0.29, 0.717) is 24.2 Å². The van der Waals surface area contributed by atoms with Gasteiger partial charge in [0.1, 0.15) is 11.6 Å². The molecule has 0 saturated carbocycles. The number of rotatable bonds is 3. The molecule has 1 unspecified atom stereocenters. The molecule has 2 heterocycles. The Morgan fingerprint density at radius 3 is 2.95 bits per heavy atom. The molecule has 114 valence electrons. The normalized spacial score (nSPS) is 21.7. The Hall–Kier alpha value is -1.14. The summed E-state index contributed by atoms with van der Waals surface area (Å²) < 4.78 is 39.1. The van der Waals surface area contributed by atoms with Gasteiger partial charge < -0.3 is 4.57 Å². The maximum Gasteiger partial charge on any atom is 0.152 e. The Bertz CT molecular complexity index is 773. The van der Waals surface area contributed by atoms with E-state index in [1.807, 2.05) is 4.57 Å². The van der Waals surface area contributed by atoms with Gasteiger partial charge >= 0.3 is 0 Å². The van der Waals surface area contributed by atoms with Crippen molar-refractivity contribution in [2.75, 3.05) is 17.4 Å². The molecule has 1 aromatic heterocycles. The molecule has 1 atom stereocenters. The molecule has 0 bridgehead atoms. The molecule has 0 amide bonds. The van der Waals surface area contributed by atoms with E-state index < -0.39 is 9.84 Å². The average molecular weight is 331 g/mol. The molecule has 1 saturated heterocycles. The molecule has 4 nitrogen and oxygen atoms in total. The highest BCUT2D eigenvalue weighted by Crippen LogP contribution is 2.29. The second-order valence-corrected chi connectivity index (χ2v) is 7.99. The summed E-state index contributed by atoms with van der Waals surface area (Å²) >= 11 is 5.82. The first-order valence-corrected chi connectivity index (χ1v) is 9.28. The molecule has 0 radical (unpaired) electrons. The number of aromatic nitrogens is 2. The van der Waals surface area contributed by atoms with E-state index in [2.05, 4.69) is 4.98 Å². The number of alkyl halides is 1. The number of fused-ring (bicyclic) bond motifs is 1. The van der Waals surface area contributed by atoms with E-state index >= 15 is 0 Å². The van der Waals surface area contributed by atoms with Crippen LogP contribution in [0.5, 0.6) is 0 Å². The van der Waals surface area contributed by atoms with Crippen LogP contribution in [0, 0.1) is 5.82 Å². The summed E-state index contributed by atoms with van der Waals surface area (Å²) in [6.45, 7) is 0. The SMILES string of the molecule is O=S1(=O)CCCC(n2c(CCCl)nc3cc(F)ccc32)C1.